The normalized spacial score (nSPS) is 19.1. The number of fused-ring (bicyclic) bond motifs is 2. The molecule has 1 fully saturated rings. The summed E-state index contributed by atoms with van der Waals surface area (Å²) < 4.78 is 58.8. The van der Waals surface area contributed by atoms with E-state index in [2.05, 4.69) is 0 Å². The maximum absolute atomic E-state index is 13.2. The maximum Gasteiger partial charge on any atom is 0.264 e. The summed E-state index contributed by atoms with van der Waals surface area (Å²) in [5.74, 6) is 0. The summed E-state index contributed by atoms with van der Waals surface area (Å²) in [4.78, 5) is 0.0285. The van der Waals surface area contributed by atoms with Crippen LogP contribution in [0.5, 0.6) is 0 Å². The van der Waals surface area contributed by atoms with Gasteiger partial charge in [-0.05, 0) is 36.6 Å². The van der Waals surface area contributed by atoms with Crippen molar-refractivity contribution in [2.24, 2.45) is 0 Å². The van der Waals surface area contributed by atoms with Crippen LogP contribution in [0.2, 0.25) is 0 Å². The highest BCUT2D eigenvalue weighted by Crippen LogP contribution is 2.48. The molecule has 1 saturated heterocycles. The Bertz CT molecular complexity index is 907. The van der Waals surface area contributed by atoms with Crippen LogP contribution >= 0.6 is 0 Å². The number of benzene rings is 2. The van der Waals surface area contributed by atoms with Crippen molar-refractivity contribution >= 4 is 15.7 Å². The Labute approximate surface area is 151 Å². The molecule has 7 heteroatoms. The fourth-order valence-electron chi connectivity index (χ4n) is 3.90. The van der Waals surface area contributed by atoms with Crippen molar-refractivity contribution in [2.75, 3.05) is 24.1 Å². The van der Waals surface area contributed by atoms with Gasteiger partial charge in [-0.2, -0.15) is 0 Å². The van der Waals surface area contributed by atoms with Crippen LogP contribution in [0.15, 0.2) is 53.4 Å². The van der Waals surface area contributed by atoms with Crippen molar-refractivity contribution in [2.45, 2.75) is 29.6 Å². The summed E-state index contributed by atoms with van der Waals surface area (Å²) in [5.41, 5.74) is 1.26. The molecule has 4 nitrogen and oxygen atoms in total. The van der Waals surface area contributed by atoms with Crippen LogP contribution in [-0.2, 0) is 20.2 Å². The third kappa shape index (κ3) is 2.70. The minimum Gasteiger partial charge on any atom is -0.381 e. The van der Waals surface area contributed by atoms with E-state index in [0.29, 0.717) is 25.4 Å². The highest BCUT2D eigenvalue weighted by molar-refractivity contribution is 7.92. The predicted octanol–water partition coefficient (Wildman–Crippen LogP) is 3.88. The lowest BCUT2D eigenvalue weighted by atomic mass is 9.76. The minimum atomic E-state index is -3.82. The standard InChI is InChI=1S/C19H19F2NO3S/c20-18(21)14-5-7-15(8-6-14)26(23,24)22-13-19(9-11-25-12-10-19)16-3-1-2-4-17(16)22/h1-8,18H,9-13H2. The van der Waals surface area contributed by atoms with E-state index in [1.165, 1.54) is 28.6 Å². The third-order valence-electron chi connectivity index (χ3n) is 5.36. The molecule has 0 atom stereocenters. The Kier molecular flexibility index (Phi) is 4.23. The number of rotatable bonds is 3. The molecule has 2 aromatic rings. The van der Waals surface area contributed by atoms with Gasteiger partial charge < -0.3 is 4.74 Å². The summed E-state index contributed by atoms with van der Waals surface area (Å²) in [6, 6.07) is 12.4. The van der Waals surface area contributed by atoms with Crippen molar-refractivity contribution in [1.29, 1.82) is 0 Å². The first kappa shape index (κ1) is 17.4. The fraction of sp³-hybridized carbons (Fsp3) is 0.368. The number of anilines is 1. The van der Waals surface area contributed by atoms with Gasteiger partial charge in [-0.25, -0.2) is 17.2 Å². The number of alkyl halides is 2. The van der Waals surface area contributed by atoms with E-state index in [-0.39, 0.29) is 15.9 Å². The molecule has 1 spiro atoms. The second kappa shape index (κ2) is 6.32. The van der Waals surface area contributed by atoms with Crippen LogP contribution in [0.3, 0.4) is 0 Å². The Morgan fingerprint density at radius 3 is 2.31 bits per heavy atom. The summed E-state index contributed by atoms with van der Waals surface area (Å²) in [6.45, 7) is 1.56. The number of ether oxygens (including phenoxy) is 1. The van der Waals surface area contributed by atoms with E-state index in [1.807, 2.05) is 24.3 Å². The first-order chi connectivity index (χ1) is 12.4. The first-order valence-corrected chi connectivity index (χ1v) is 9.96. The Morgan fingerprint density at radius 1 is 1.00 bits per heavy atom. The van der Waals surface area contributed by atoms with E-state index in [0.717, 1.165) is 18.4 Å². The van der Waals surface area contributed by atoms with Crippen LogP contribution in [0.1, 0.15) is 30.4 Å². The number of halogens is 2. The fourth-order valence-corrected chi connectivity index (χ4v) is 5.47. The lowest BCUT2D eigenvalue weighted by Gasteiger charge is -2.34. The van der Waals surface area contributed by atoms with Crippen molar-refractivity contribution in [3.05, 3.63) is 59.7 Å². The molecule has 2 aliphatic rings. The highest BCUT2D eigenvalue weighted by Gasteiger charge is 2.47. The van der Waals surface area contributed by atoms with Gasteiger partial charge in [-0.15, -0.1) is 0 Å². The number of nitrogens with zero attached hydrogens (tertiary/aromatic N) is 1. The molecule has 0 saturated carbocycles. The van der Waals surface area contributed by atoms with Gasteiger partial charge in [-0.1, -0.05) is 30.3 Å². The van der Waals surface area contributed by atoms with Gasteiger partial charge >= 0.3 is 0 Å². The molecule has 2 aliphatic heterocycles. The van der Waals surface area contributed by atoms with Crippen LogP contribution in [0, 0.1) is 0 Å². The van der Waals surface area contributed by atoms with Gasteiger partial charge in [0.1, 0.15) is 0 Å². The van der Waals surface area contributed by atoms with Crippen molar-refractivity contribution < 1.29 is 21.9 Å². The SMILES string of the molecule is O=S(=O)(c1ccc(C(F)F)cc1)N1CC2(CCOCC2)c2ccccc21. The van der Waals surface area contributed by atoms with Gasteiger partial charge in [0.25, 0.3) is 16.4 Å². The molecular weight excluding hydrogens is 360 g/mol. The molecule has 2 aromatic carbocycles. The number of para-hydroxylation sites is 1. The maximum atomic E-state index is 13.2. The molecule has 0 radical (unpaired) electrons. The lowest BCUT2D eigenvalue weighted by molar-refractivity contribution is 0.0560. The third-order valence-corrected chi connectivity index (χ3v) is 7.13. The van der Waals surface area contributed by atoms with E-state index in [1.54, 1.807) is 0 Å². The van der Waals surface area contributed by atoms with Crippen molar-refractivity contribution in [3.8, 4) is 0 Å². The second-order valence-electron chi connectivity index (χ2n) is 6.79. The number of hydrogen-bond donors (Lipinski definition) is 0. The molecule has 0 aliphatic carbocycles. The predicted molar refractivity (Wildman–Crippen MR) is 94.1 cm³/mol. The molecule has 26 heavy (non-hydrogen) atoms. The summed E-state index contributed by atoms with van der Waals surface area (Å²) >= 11 is 0. The van der Waals surface area contributed by atoms with Crippen LogP contribution in [0.4, 0.5) is 14.5 Å². The highest BCUT2D eigenvalue weighted by atomic mass is 32.2. The van der Waals surface area contributed by atoms with E-state index in [9.17, 15) is 17.2 Å². The molecule has 138 valence electrons. The zero-order chi connectivity index (χ0) is 18.4. The molecular formula is C19H19F2NO3S. The monoisotopic (exact) mass is 379 g/mol. The van der Waals surface area contributed by atoms with Gasteiger partial charge in [0, 0.05) is 30.7 Å². The molecule has 0 bridgehead atoms. The average molecular weight is 379 g/mol. The van der Waals surface area contributed by atoms with E-state index in [4.69, 9.17) is 4.74 Å². The van der Waals surface area contributed by atoms with E-state index >= 15 is 0 Å². The molecule has 0 amide bonds. The quantitative estimate of drug-likeness (QED) is 0.813. The summed E-state index contributed by atoms with van der Waals surface area (Å²) in [6.07, 6.45) is -1.09. The summed E-state index contributed by atoms with van der Waals surface area (Å²) in [7, 11) is -3.82. The molecule has 0 N–H and O–H groups in total. The number of sulfonamides is 1. The van der Waals surface area contributed by atoms with Gasteiger partial charge in [-0.3, -0.25) is 4.31 Å². The molecule has 4 rings (SSSR count). The Balaban J connectivity index is 1.75. The van der Waals surface area contributed by atoms with Gasteiger partial charge in [0.15, 0.2) is 0 Å². The first-order valence-electron chi connectivity index (χ1n) is 8.52. The average Bonchev–Trinajstić information content (AvgIpc) is 2.97. The van der Waals surface area contributed by atoms with Crippen molar-refractivity contribution in [3.63, 3.8) is 0 Å². The Hall–Kier alpha value is -1.99. The van der Waals surface area contributed by atoms with Crippen LogP contribution in [0.25, 0.3) is 0 Å². The smallest absolute Gasteiger partial charge is 0.264 e. The topological polar surface area (TPSA) is 46.6 Å². The van der Waals surface area contributed by atoms with Gasteiger partial charge in [0.2, 0.25) is 0 Å². The zero-order valence-electron chi connectivity index (χ0n) is 14.1. The summed E-state index contributed by atoms with van der Waals surface area (Å²) in [5, 5.41) is 0. The lowest BCUT2D eigenvalue weighted by Crippen LogP contribution is -2.40. The molecule has 2 heterocycles. The van der Waals surface area contributed by atoms with Crippen LogP contribution < -0.4 is 4.31 Å². The second-order valence-corrected chi connectivity index (χ2v) is 8.65. The van der Waals surface area contributed by atoms with Crippen molar-refractivity contribution in [1.82, 2.24) is 0 Å². The van der Waals surface area contributed by atoms with Crippen LogP contribution in [-0.4, -0.2) is 28.2 Å². The Morgan fingerprint density at radius 2 is 1.65 bits per heavy atom. The largest absolute Gasteiger partial charge is 0.381 e. The molecule has 0 aromatic heterocycles. The van der Waals surface area contributed by atoms with Gasteiger partial charge in [0.05, 0.1) is 10.6 Å². The number of hydrogen-bond acceptors (Lipinski definition) is 3. The van der Waals surface area contributed by atoms with E-state index < -0.39 is 16.4 Å². The minimum absolute atomic E-state index is 0.0285. The molecule has 0 unspecified atom stereocenters. The zero-order valence-corrected chi connectivity index (χ0v) is 14.9.